The lowest BCUT2D eigenvalue weighted by Gasteiger charge is -2.00. The van der Waals surface area contributed by atoms with Crippen molar-refractivity contribution in [3.8, 4) is 17.1 Å². The SMILES string of the molecule is COc1cccc(-c2noc(COC(=O)c3ccco3)n2)c1. The first-order chi connectivity index (χ1) is 10.8. The average molecular weight is 300 g/mol. The molecule has 0 spiro atoms. The lowest BCUT2D eigenvalue weighted by molar-refractivity contribution is 0.0393. The first-order valence-electron chi connectivity index (χ1n) is 6.44. The quantitative estimate of drug-likeness (QED) is 0.669. The molecule has 0 saturated heterocycles. The van der Waals surface area contributed by atoms with E-state index in [1.807, 2.05) is 18.2 Å². The maximum absolute atomic E-state index is 11.6. The molecule has 0 fully saturated rings. The number of hydrogen-bond donors (Lipinski definition) is 0. The van der Waals surface area contributed by atoms with E-state index < -0.39 is 5.97 Å². The minimum absolute atomic E-state index is 0.118. The number of esters is 1. The van der Waals surface area contributed by atoms with Crippen LogP contribution in [-0.4, -0.2) is 23.2 Å². The number of benzene rings is 1. The number of nitrogens with zero attached hydrogens (tertiary/aromatic N) is 2. The molecule has 3 aromatic rings. The number of rotatable bonds is 5. The van der Waals surface area contributed by atoms with Gasteiger partial charge < -0.3 is 18.4 Å². The lowest BCUT2D eigenvalue weighted by atomic mass is 10.2. The first-order valence-corrected chi connectivity index (χ1v) is 6.44. The largest absolute Gasteiger partial charge is 0.497 e. The monoisotopic (exact) mass is 300 g/mol. The molecule has 22 heavy (non-hydrogen) atoms. The van der Waals surface area contributed by atoms with Gasteiger partial charge in [0.25, 0.3) is 5.89 Å². The molecule has 0 bridgehead atoms. The molecule has 0 atom stereocenters. The summed E-state index contributed by atoms with van der Waals surface area (Å²) in [4.78, 5) is 15.8. The minimum Gasteiger partial charge on any atom is -0.497 e. The Labute approximate surface area is 125 Å². The molecule has 7 heteroatoms. The van der Waals surface area contributed by atoms with Gasteiger partial charge in [0.1, 0.15) is 5.75 Å². The summed E-state index contributed by atoms with van der Waals surface area (Å²) in [6.07, 6.45) is 1.39. The Hall–Kier alpha value is -3.09. The fourth-order valence-electron chi connectivity index (χ4n) is 1.79. The van der Waals surface area contributed by atoms with E-state index in [1.54, 1.807) is 19.2 Å². The van der Waals surface area contributed by atoms with Gasteiger partial charge in [-0.1, -0.05) is 17.3 Å². The smallest absolute Gasteiger partial charge is 0.374 e. The summed E-state index contributed by atoms with van der Waals surface area (Å²) in [5.74, 6) is 0.799. The van der Waals surface area contributed by atoms with Crippen LogP contribution in [0.25, 0.3) is 11.4 Å². The summed E-state index contributed by atoms with van der Waals surface area (Å²) in [6.45, 7) is -0.128. The molecular formula is C15H12N2O5. The van der Waals surface area contributed by atoms with Crippen LogP contribution in [0.3, 0.4) is 0 Å². The third-order valence-electron chi connectivity index (χ3n) is 2.85. The lowest BCUT2D eigenvalue weighted by Crippen LogP contribution is -2.04. The molecule has 1 aromatic carbocycles. The summed E-state index contributed by atoms with van der Waals surface area (Å²) in [7, 11) is 1.58. The van der Waals surface area contributed by atoms with Gasteiger partial charge in [-0.2, -0.15) is 4.98 Å². The zero-order chi connectivity index (χ0) is 15.4. The van der Waals surface area contributed by atoms with E-state index in [2.05, 4.69) is 10.1 Å². The minimum atomic E-state index is -0.592. The van der Waals surface area contributed by atoms with Gasteiger partial charge in [0, 0.05) is 5.56 Å². The van der Waals surface area contributed by atoms with Gasteiger partial charge in [-0.25, -0.2) is 4.79 Å². The predicted octanol–water partition coefficient (Wildman–Crippen LogP) is 2.70. The third kappa shape index (κ3) is 2.98. The van der Waals surface area contributed by atoms with Crippen LogP contribution < -0.4 is 4.74 Å². The van der Waals surface area contributed by atoms with Crippen LogP contribution >= 0.6 is 0 Å². The maximum Gasteiger partial charge on any atom is 0.374 e. The molecule has 3 rings (SSSR count). The highest BCUT2D eigenvalue weighted by Crippen LogP contribution is 2.21. The third-order valence-corrected chi connectivity index (χ3v) is 2.85. The maximum atomic E-state index is 11.6. The molecule has 0 N–H and O–H groups in total. The van der Waals surface area contributed by atoms with Crippen LogP contribution in [0.1, 0.15) is 16.4 Å². The van der Waals surface area contributed by atoms with Crippen molar-refractivity contribution in [3.63, 3.8) is 0 Å². The number of carbonyl (C=O) groups is 1. The van der Waals surface area contributed by atoms with E-state index in [-0.39, 0.29) is 18.3 Å². The van der Waals surface area contributed by atoms with Gasteiger partial charge in [0.05, 0.1) is 13.4 Å². The molecule has 2 heterocycles. The van der Waals surface area contributed by atoms with Crippen molar-refractivity contribution in [2.24, 2.45) is 0 Å². The van der Waals surface area contributed by atoms with Gasteiger partial charge >= 0.3 is 5.97 Å². The molecule has 0 aliphatic rings. The number of hydrogen-bond acceptors (Lipinski definition) is 7. The van der Waals surface area contributed by atoms with Crippen LogP contribution in [0, 0.1) is 0 Å². The van der Waals surface area contributed by atoms with Gasteiger partial charge in [0.15, 0.2) is 6.61 Å². The highest BCUT2D eigenvalue weighted by atomic mass is 16.6. The van der Waals surface area contributed by atoms with Crippen molar-refractivity contribution in [2.45, 2.75) is 6.61 Å². The number of carbonyl (C=O) groups excluding carboxylic acids is 1. The second-order valence-corrected chi connectivity index (χ2v) is 4.30. The number of furan rings is 1. The molecule has 0 aliphatic heterocycles. The Morgan fingerprint density at radius 2 is 2.18 bits per heavy atom. The standard InChI is InChI=1S/C15H12N2O5/c1-19-11-5-2-4-10(8-11)14-16-13(22-17-14)9-21-15(18)12-6-3-7-20-12/h2-8H,9H2,1H3. The molecule has 112 valence electrons. The summed E-state index contributed by atoms with van der Waals surface area (Å²) in [5, 5.41) is 3.85. The van der Waals surface area contributed by atoms with E-state index >= 15 is 0 Å². The van der Waals surface area contributed by atoms with Crippen molar-refractivity contribution < 1.29 is 23.2 Å². The second kappa shape index (κ2) is 6.13. The Kier molecular flexibility index (Phi) is 3.86. The van der Waals surface area contributed by atoms with Gasteiger partial charge in [0.2, 0.25) is 11.6 Å². The Balaban J connectivity index is 1.67. The van der Waals surface area contributed by atoms with Crippen molar-refractivity contribution in [1.82, 2.24) is 10.1 Å². The molecule has 0 amide bonds. The van der Waals surface area contributed by atoms with Crippen molar-refractivity contribution in [2.75, 3.05) is 7.11 Å². The summed E-state index contributed by atoms with van der Waals surface area (Å²) < 4.78 is 20.1. The predicted molar refractivity (Wildman–Crippen MR) is 74.1 cm³/mol. The van der Waals surface area contributed by atoms with Crippen LogP contribution in [0.4, 0.5) is 0 Å². The van der Waals surface area contributed by atoms with E-state index in [9.17, 15) is 4.79 Å². The number of aromatic nitrogens is 2. The van der Waals surface area contributed by atoms with Crippen molar-refractivity contribution in [1.29, 1.82) is 0 Å². The van der Waals surface area contributed by atoms with E-state index in [0.717, 1.165) is 5.56 Å². The fourth-order valence-corrected chi connectivity index (χ4v) is 1.79. The van der Waals surface area contributed by atoms with Crippen molar-refractivity contribution in [3.05, 3.63) is 54.3 Å². The molecule has 7 nitrogen and oxygen atoms in total. The number of methoxy groups -OCH3 is 1. The highest BCUT2D eigenvalue weighted by molar-refractivity contribution is 5.86. The summed E-state index contributed by atoms with van der Waals surface area (Å²) >= 11 is 0. The zero-order valence-electron chi connectivity index (χ0n) is 11.7. The van der Waals surface area contributed by atoms with Crippen molar-refractivity contribution >= 4 is 5.97 Å². The Morgan fingerprint density at radius 1 is 1.27 bits per heavy atom. The van der Waals surface area contributed by atoms with Crippen LogP contribution in [0.15, 0.2) is 51.6 Å². The van der Waals surface area contributed by atoms with Gasteiger partial charge in [-0.15, -0.1) is 0 Å². The number of ether oxygens (including phenoxy) is 2. The summed E-state index contributed by atoms with van der Waals surface area (Å²) in [5.41, 5.74) is 0.742. The average Bonchev–Trinajstić information content (AvgIpc) is 3.24. The summed E-state index contributed by atoms with van der Waals surface area (Å²) in [6, 6.07) is 10.4. The molecule has 0 unspecified atom stereocenters. The van der Waals surface area contributed by atoms with Gasteiger partial charge in [-0.05, 0) is 24.3 Å². The topological polar surface area (TPSA) is 87.6 Å². The Bertz CT molecular complexity index is 764. The van der Waals surface area contributed by atoms with Crippen LogP contribution in [-0.2, 0) is 11.3 Å². The highest BCUT2D eigenvalue weighted by Gasteiger charge is 2.14. The normalized spacial score (nSPS) is 10.4. The van der Waals surface area contributed by atoms with Crippen LogP contribution in [0.2, 0.25) is 0 Å². The zero-order valence-corrected chi connectivity index (χ0v) is 11.7. The van der Waals surface area contributed by atoms with E-state index in [0.29, 0.717) is 11.6 Å². The molecule has 0 radical (unpaired) electrons. The fraction of sp³-hybridized carbons (Fsp3) is 0.133. The molecule has 2 aromatic heterocycles. The Morgan fingerprint density at radius 3 is 2.95 bits per heavy atom. The first kappa shape index (κ1) is 13.9. The molecular weight excluding hydrogens is 288 g/mol. The molecule has 0 aliphatic carbocycles. The molecule has 0 saturated carbocycles. The van der Waals surface area contributed by atoms with E-state index in [4.69, 9.17) is 18.4 Å². The second-order valence-electron chi connectivity index (χ2n) is 4.30. The van der Waals surface area contributed by atoms with Gasteiger partial charge in [-0.3, -0.25) is 0 Å². The van der Waals surface area contributed by atoms with Crippen LogP contribution in [0.5, 0.6) is 5.75 Å². The van der Waals surface area contributed by atoms with E-state index in [1.165, 1.54) is 12.3 Å².